The number of allylic oxidation sites excluding steroid dienone is 1. The maximum absolute atomic E-state index is 11.7. The Balaban J connectivity index is 1.95. The Morgan fingerprint density at radius 3 is 2.54 bits per heavy atom. The zero-order valence-corrected chi connectivity index (χ0v) is 13.3. The minimum absolute atomic E-state index is 0.0582. The number of ether oxygens (including phenoxy) is 1. The summed E-state index contributed by atoms with van der Waals surface area (Å²) in [6, 6.07) is 12.2. The molecule has 2 aromatic carbocycles. The minimum Gasteiger partial charge on any atom is -0.497 e. The molecule has 0 aromatic heterocycles. The van der Waals surface area contributed by atoms with Crippen molar-refractivity contribution >= 4 is 18.0 Å². The number of aryl methyl sites for hydroxylation is 1. The van der Waals surface area contributed by atoms with Crippen LogP contribution in [0, 0.1) is 10.1 Å². The van der Waals surface area contributed by atoms with Crippen molar-refractivity contribution in [3.8, 4) is 5.75 Å². The monoisotopic (exact) mass is 323 g/mol. The number of rotatable bonds is 4. The van der Waals surface area contributed by atoms with Gasteiger partial charge in [-0.05, 0) is 53.8 Å². The summed E-state index contributed by atoms with van der Waals surface area (Å²) in [7, 11) is 1.61. The van der Waals surface area contributed by atoms with Gasteiger partial charge in [0.05, 0.1) is 18.0 Å². The van der Waals surface area contributed by atoms with Crippen molar-refractivity contribution in [2.24, 2.45) is 0 Å². The van der Waals surface area contributed by atoms with E-state index in [-0.39, 0.29) is 11.6 Å². The van der Waals surface area contributed by atoms with Gasteiger partial charge in [-0.2, -0.15) is 0 Å². The molecule has 0 amide bonds. The van der Waals surface area contributed by atoms with Crippen LogP contribution in [-0.2, 0) is 11.2 Å². The molecular formula is C19H17NO4. The molecule has 0 spiro atoms. The summed E-state index contributed by atoms with van der Waals surface area (Å²) in [6.07, 6.45) is 4.56. The zero-order chi connectivity index (χ0) is 17.1. The number of carbonyl (C=O) groups is 1. The number of fused-ring (bicyclic) bond motifs is 1. The molecule has 5 heteroatoms. The van der Waals surface area contributed by atoms with E-state index in [1.807, 2.05) is 24.3 Å². The Hall–Kier alpha value is -2.95. The fourth-order valence-electron chi connectivity index (χ4n) is 3.08. The standard InChI is InChI=1S/C19H17NO4/c1-24-17-9-6-14-4-5-15(19(12-21)18(14)11-17)10-13-2-7-16(8-3-13)20(22)23/h2-3,6-12,19H,4-5H2,1H3. The molecule has 0 radical (unpaired) electrons. The van der Waals surface area contributed by atoms with Crippen molar-refractivity contribution in [1.29, 1.82) is 0 Å². The molecule has 122 valence electrons. The maximum atomic E-state index is 11.7. The number of nitrogens with zero attached hydrogens (tertiary/aromatic N) is 1. The number of hydrogen-bond acceptors (Lipinski definition) is 4. The minimum atomic E-state index is -0.422. The summed E-state index contributed by atoms with van der Waals surface area (Å²) < 4.78 is 5.26. The van der Waals surface area contributed by atoms with Gasteiger partial charge >= 0.3 is 0 Å². The second-order valence-corrected chi connectivity index (χ2v) is 5.75. The molecule has 2 aromatic rings. The number of methoxy groups -OCH3 is 1. The quantitative estimate of drug-likeness (QED) is 0.486. The Bertz CT molecular complexity index is 809. The van der Waals surface area contributed by atoms with Crippen LogP contribution in [0.5, 0.6) is 5.75 Å². The lowest BCUT2D eigenvalue weighted by atomic mass is 9.79. The topological polar surface area (TPSA) is 69.4 Å². The smallest absolute Gasteiger partial charge is 0.269 e. The molecule has 24 heavy (non-hydrogen) atoms. The van der Waals surface area contributed by atoms with E-state index < -0.39 is 4.92 Å². The van der Waals surface area contributed by atoms with E-state index in [0.717, 1.165) is 47.1 Å². The zero-order valence-electron chi connectivity index (χ0n) is 13.3. The lowest BCUT2D eigenvalue weighted by Crippen LogP contribution is -2.14. The molecular weight excluding hydrogens is 306 g/mol. The lowest BCUT2D eigenvalue weighted by Gasteiger charge is -2.25. The van der Waals surface area contributed by atoms with Crippen LogP contribution in [0.1, 0.15) is 29.0 Å². The highest BCUT2D eigenvalue weighted by Gasteiger charge is 2.24. The van der Waals surface area contributed by atoms with Crippen LogP contribution in [0.2, 0.25) is 0 Å². The third kappa shape index (κ3) is 3.06. The molecule has 0 aliphatic heterocycles. The summed E-state index contributed by atoms with van der Waals surface area (Å²) in [5.41, 5.74) is 4.06. The summed E-state index contributed by atoms with van der Waals surface area (Å²) in [5.74, 6) is 0.427. The van der Waals surface area contributed by atoms with Crippen molar-refractivity contribution in [3.05, 3.63) is 74.8 Å². The van der Waals surface area contributed by atoms with Crippen LogP contribution in [0.3, 0.4) is 0 Å². The highest BCUT2D eigenvalue weighted by atomic mass is 16.6. The first-order valence-electron chi connectivity index (χ1n) is 7.69. The number of aldehydes is 1. The van der Waals surface area contributed by atoms with Gasteiger partial charge in [0.15, 0.2) is 0 Å². The first kappa shape index (κ1) is 15.9. The molecule has 1 aliphatic rings. The molecule has 0 saturated carbocycles. The lowest BCUT2D eigenvalue weighted by molar-refractivity contribution is -0.384. The Labute approximate surface area is 139 Å². The van der Waals surface area contributed by atoms with Crippen LogP contribution >= 0.6 is 0 Å². The van der Waals surface area contributed by atoms with Gasteiger partial charge in [0, 0.05) is 12.1 Å². The molecule has 0 fully saturated rings. The van der Waals surface area contributed by atoms with E-state index >= 15 is 0 Å². The van der Waals surface area contributed by atoms with E-state index in [4.69, 9.17) is 4.74 Å². The predicted molar refractivity (Wildman–Crippen MR) is 91.2 cm³/mol. The largest absolute Gasteiger partial charge is 0.497 e. The van der Waals surface area contributed by atoms with Crippen LogP contribution in [0.25, 0.3) is 6.08 Å². The average Bonchev–Trinajstić information content (AvgIpc) is 2.61. The van der Waals surface area contributed by atoms with Crippen molar-refractivity contribution in [2.45, 2.75) is 18.8 Å². The number of benzene rings is 2. The summed E-state index contributed by atoms with van der Waals surface area (Å²) in [5, 5.41) is 10.7. The Morgan fingerprint density at radius 1 is 1.17 bits per heavy atom. The first-order chi connectivity index (χ1) is 11.6. The highest BCUT2D eigenvalue weighted by molar-refractivity contribution is 5.74. The van der Waals surface area contributed by atoms with Gasteiger partial charge in [-0.3, -0.25) is 10.1 Å². The number of nitro benzene ring substituents is 1. The van der Waals surface area contributed by atoms with Crippen LogP contribution in [-0.4, -0.2) is 18.3 Å². The van der Waals surface area contributed by atoms with Crippen molar-refractivity contribution < 1.29 is 14.5 Å². The van der Waals surface area contributed by atoms with E-state index in [0.29, 0.717) is 0 Å². The fourth-order valence-corrected chi connectivity index (χ4v) is 3.08. The number of non-ortho nitro benzene ring substituents is 1. The van der Waals surface area contributed by atoms with Gasteiger partial charge < -0.3 is 9.53 Å². The van der Waals surface area contributed by atoms with Crippen LogP contribution in [0.15, 0.2) is 48.0 Å². The van der Waals surface area contributed by atoms with E-state index in [2.05, 4.69) is 0 Å². The molecule has 5 nitrogen and oxygen atoms in total. The van der Waals surface area contributed by atoms with Gasteiger partial charge in [-0.25, -0.2) is 0 Å². The van der Waals surface area contributed by atoms with Gasteiger partial charge in [0.25, 0.3) is 5.69 Å². The molecule has 3 rings (SSSR count). The molecule has 1 atom stereocenters. The predicted octanol–water partition coefficient (Wildman–Crippen LogP) is 3.92. The van der Waals surface area contributed by atoms with Gasteiger partial charge in [0.2, 0.25) is 0 Å². The Kier molecular flexibility index (Phi) is 4.42. The SMILES string of the molecule is COc1ccc2c(c1)C(C=O)C(=Cc1ccc([N+](=O)[O-])cc1)CC2. The molecule has 0 saturated heterocycles. The van der Waals surface area contributed by atoms with Gasteiger partial charge in [0.1, 0.15) is 12.0 Å². The third-order valence-corrected chi connectivity index (χ3v) is 4.36. The van der Waals surface area contributed by atoms with E-state index in [9.17, 15) is 14.9 Å². The summed E-state index contributed by atoms with van der Waals surface area (Å²) >= 11 is 0. The number of nitro groups is 1. The van der Waals surface area contributed by atoms with E-state index in [1.54, 1.807) is 19.2 Å². The second kappa shape index (κ2) is 6.66. The molecule has 1 aliphatic carbocycles. The molecule has 1 unspecified atom stereocenters. The maximum Gasteiger partial charge on any atom is 0.269 e. The van der Waals surface area contributed by atoms with Gasteiger partial charge in [-0.1, -0.05) is 17.7 Å². The number of hydrogen-bond donors (Lipinski definition) is 0. The van der Waals surface area contributed by atoms with Crippen LogP contribution < -0.4 is 4.74 Å². The van der Waals surface area contributed by atoms with Crippen molar-refractivity contribution in [2.75, 3.05) is 7.11 Å². The normalized spacial score (nSPS) is 18.0. The van der Waals surface area contributed by atoms with Crippen LogP contribution in [0.4, 0.5) is 5.69 Å². The van der Waals surface area contributed by atoms with Crippen molar-refractivity contribution in [3.63, 3.8) is 0 Å². The second-order valence-electron chi connectivity index (χ2n) is 5.75. The van der Waals surface area contributed by atoms with Gasteiger partial charge in [-0.15, -0.1) is 0 Å². The van der Waals surface area contributed by atoms with Crippen molar-refractivity contribution in [1.82, 2.24) is 0 Å². The fraction of sp³-hybridized carbons (Fsp3) is 0.211. The highest BCUT2D eigenvalue weighted by Crippen LogP contribution is 2.37. The third-order valence-electron chi connectivity index (χ3n) is 4.36. The average molecular weight is 323 g/mol. The first-order valence-corrected chi connectivity index (χ1v) is 7.69. The van der Waals surface area contributed by atoms with E-state index in [1.165, 1.54) is 12.1 Å². The summed E-state index contributed by atoms with van der Waals surface area (Å²) in [4.78, 5) is 22.0. The number of carbonyl (C=O) groups excluding carboxylic acids is 1. The Morgan fingerprint density at radius 2 is 1.92 bits per heavy atom. The summed E-state index contributed by atoms with van der Waals surface area (Å²) in [6.45, 7) is 0. The molecule has 0 bridgehead atoms. The molecule has 0 heterocycles. The molecule has 0 N–H and O–H groups in total.